The van der Waals surface area contributed by atoms with Gasteiger partial charge in [0.05, 0.1) is 5.52 Å². The fourth-order valence-electron chi connectivity index (χ4n) is 3.55. The Labute approximate surface area is 175 Å². The average molecular weight is 410 g/mol. The lowest BCUT2D eigenvalue weighted by molar-refractivity contribution is 0.0746. The molecule has 1 aliphatic rings. The van der Waals surface area contributed by atoms with Crippen LogP contribution in [0.25, 0.3) is 10.9 Å². The lowest BCUT2D eigenvalue weighted by atomic mass is 10.1. The Morgan fingerprint density at radius 2 is 1.76 bits per heavy atom. The van der Waals surface area contributed by atoms with Crippen LogP contribution in [0.4, 0.5) is 5.82 Å². The molecule has 0 radical (unpaired) electrons. The van der Waals surface area contributed by atoms with Crippen LogP contribution < -0.4 is 4.90 Å². The SMILES string of the molecule is Cc1cc(N2CCN(C(=O)c3ccc4nc(Cl)ccc4c3)CC2)nc(C(C)C)n1. The van der Waals surface area contributed by atoms with E-state index in [-0.39, 0.29) is 11.8 Å². The molecule has 1 amide bonds. The summed E-state index contributed by atoms with van der Waals surface area (Å²) in [6, 6.07) is 11.2. The highest BCUT2D eigenvalue weighted by Gasteiger charge is 2.24. The number of amides is 1. The molecule has 150 valence electrons. The first-order valence-electron chi connectivity index (χ1n) is 9.87. The van der Waals surface area contributed by atoms with Gasteiger partial charge in [-0.1, -0.05) is 25.4 Å². The van der Waals surface area contributed by atoms with Crippen LogP contribution in [0.3, 0.4) is 0 Å². The van der Waals surface area contributed by atoms with E-state index in [2.05, 4.69) is 28.7 Å². The van der Waals surface area contributed by atoms with Gasteiger partial charge in [-0.3, -0.25) is 4.79 Å². The zero-order chi connectivity index (χ0) is 20.5. The van der Waals surface area contributed by atoms with Gasteiger partial charge in [-0.15, -0.1) is 0 Å². The third kappa shape index (κ3) is 4.17. The molecule has 1 aliphatic heterocycles. The minimum Gasteiger partial charge on any atom is -0.353 e. The minimum atomic E-state index is 0.0447. The van der Waals surface area contributed by atoms with Gasteiger partial charge in [0, 0.05) is 54.8 Å². The standard InChI is InChI=1S/C22H24ClN5O/c1-14(2)21-24-15(3)12-20(26-21)27-8-10-28(11-9-27)22(29)17-4-6-18-16(13-17)5-7-19(23)25-18/h4-7,12-14H,8-11H2,1-3H3. The van der Waals surface area contributed by atoms with E-state index in [4.69, 9.17) is 16.6 Å². The lowest BCUT2D eigenvalue weighted by Crippen LogP contribution is -2.49. The van der Waals surface area contributed by atoms with Crippen molar-refractivity contribution in [3.05, 3.63) is 58.6 Å². The fourth-order valence-corrected chi connectivity index (χ4v) is 3.70. The summed E-state index contributed by atoms with van der Waals surface area (Å²) in [7, 11) is 0. The number of benzene rings is 1. The highest BCUT2D eigenvalue weighted by molar-refractivity contribution is 6.29. The van der Waals surface area contributed by atoms with Crippen LogP contribution in [-0.4, -0.2) is 51.9 Å². The Kier molecular flexibility index (Phi) is 5.37. The summed E-state index contributed by atoms with van der Waals surface area (Å²) in [4.78, 5) is 30.6. The molecule has 0 atom stereocenters. The normalized spacial score (nSPS) is 14.7. The van der Waals surface area contributed by atoms with E-state index < -0.39 is 0 Å². The molecule has 6 nitrogen and oxygen atoms in total. The maximum Gasteiger partial charge on any atom is 0.253 e. The Morgan fingerprint density at radius 1 is 1.00 bits per heavy atom. The van der Waals surface area contributed by atoms with Crippen molar-refractivity contribution < 1.29 is 4.79 Å². The first-order valence-corrected chi connectivity index (χ1v) is 10.2. The topological polar surface area (TPSA) is 62.2 Å². The van der Waals surface area contributed by atoms with Crippen LogP contribution >= 0.6 is 11.6 Å². The van der Waals surface area contributed by atoms with Crippen LogP contribution in [0.15, 0.2) is 36.4 Å². The molecule has 0 unspecified atom stereocenters. The monoisotopic (exact) mass is 409 g/mol. The van der Waals surface area contributed by atoms with Crippen molar-refractivity contribution in [2.45, 2.75) is 26.7 Å². The van der Waals surface area contributed by atoms with Gasteiger partial charge in [-0.25, -0.2) is 15.0 Å². The number of pyridine rings is 1. The molecule has 7 heteroatoms. The van der Waals surface area contributed by atoms with Crippen molar-refractivity contribution in [3.8, 4) is 0 Å². The van der Waals surface area contributed by atoms with E-state index in [0.29, 0.717) is 23.8 Å². The smallest absolute Gasteiger partial charge is 0.253 e. The Bertz CT molecular complexity index is 1060. The largest absolute Gasteiger partial charge is 0.353 e. The van der Waals surface area contributed by atoms with Gasteiger partial charge in [0.1, 0.15) is 16.8 Å². The maximum absolute atomic E-state index is 13.0. The summed E-state index contributed by atoms with van der Waals surface area (Å²) in [5.41, 5.74) is 2.44. The molecule has 4 rings (SSSR count). The molecule has 0 bridgehead atoms. The number of aryl methyl sites for hydroxylation is 1. The fraction of sp³-hybridized carbons (Fsp3) is 0.364. The van der Waals surface area contributed by atoms with Gasteiger partial charge in [-0.05, 0) is 37.3 Å². The predicted molar refractivity (Wildman–Crippen MR) is 116 cm³/mol. The average Bonchev–Trinajstić information content (AvgIpc) is 2.72. The van der Waals surface area contributed by atoms with E-state index in [0.717, 1.165) is 41.3 Å². The third-order valence-electron chi connectivity index (χ3n) is 5.17. The van der Waals surface area contributed by atoms with Crippen LogP contribution in [0, 0.1) is 6.92 Å². The van der Waals surface area contributed by atoms with Gasteiger partial charge in [0.25, 0.3) is 5.91 Å². The summed E-state index contributed by atoms with van der Waals surface area (Å²) in [5.74, 6) is 2.14. The maximum atomic E-state index is 13.0. The lowest BCUT2D eigenvalue weighted by Gasteiger charge is -2.35. The zero-order valence-electron chi connectivity index (χ0n) is 16.9. The van der Waals surface area contributed by atoms with Gasteiger partial charge in [0.2, 0.25) is 0 Å². The molecule has 1 saturated heterocycles. The van der Waals surface area contributed by atoms with E-state index in [9.17, 15) is 4.79 Å². The number of rotatable bonds is 3. The molecule has 0 aliphatic carbocycles. The third-order valence-corrected chi connectivity index (χ3v) is 5.38. The number of halogens is 1. The molecule has 1 fully saturated rings. The number of anilines is 1. The number of carbonyl (C=O) groups is 1. The van der Waals surface area contributed by atoms with Crippen molar-refractivity contribution >= 4 is 34.2 Å². The van der Waals surface area contributed by atoms with Crippen LogP contribution in [0.1, 0.15) is 41.6 Å². The Hall–Kier alpha value is -2.73. The first kappa shape index (κ1) is 19.6. The summed E-state index contributed by atoms with van der Waals surface area (Å²) in [5, 5.41) is 1.37. The van der Waals surface area contributed by atoms with Crippen molar-refractivity contribution in [3.63, 3.8) is 0 Å². The second kappa shape index (κ2) is 7.95. The summed E-state index contributed by atoms with van der Waals surface area (Å²) in [6.07, 6.45) is 0. The number of hydrogen-bond acceptors (Lipinski definition) is 5. The quantitative estimate of drug-likeness (QED) is 0.610. The van der Waals surface area contributed by atoms with Crippen molar-refractivity contribution in [1.82, 2.24) is 19.9 Å². The van der Waals surface area contributed by atoms with Crippen molar-refractivity contribution in [2.24, 2.45) is 0 Å². The minimum absolute atomic E-state index is 0.0447. The highest BCUT2D eigenvalue weighted by Crippen LogP contribution is 2.21. The molecule has 29 heavy (non-hydrogen) atoms. The second-order valence-electron chi connectivity index (χ2n) is 7.70. The van der Waals surface area contributed by atoms with Crippen molar-refractivity contribution in [2.75, 3.05) is 31.1 Å². The van der Waals surface area contributed by atoms with E-state index in [1.54, 1.807) is 6.07 Å². The Morgan fingerprint density at radius 3 is 2.48 bits per heavy atom. The number of fused-ring (bicyclic) bond motifs is 1. The number of nitrogens with zero attached hydrogens (tertiary/aromatic N) is 5. The predicted octanol–water partition coefficient (Wildman–Crippen LogP) is 4.07. The summed E-state index contributed by atoms with van der Waals surface area (Å²) >= 11 is 5.94. The number of hydrogen-bond donors (Lipinski definition) is 0. The van der Waals surface area contributed by atoms with Gasteiger partial charge >= 0.3 is 0 Å². The molecule has 0 N–H and O–H groups in total. The first-order chi connectivity index (χ1) is 13.9. The number of aromatic nitrogens is 3. The summed E-state index contributed by atoms with van der Waals surface area (Å²) in [6.45, 7) is 9.03. The van der Waals surface area contributed by atoms with Gasteiger partial charge < -0.3 is 9.80 Å². The van der Waals surface area contributed by atoms with Crippen LogP contribution in [0.5, 0.6) is 0 Å². The van der Waals surface area contributed by atoms with Crippen molar-refractivity contribution in [1.29, 1.82) is 0 Å². The second-order valence-corrected chi connectivity index (χ2v) is 8.09. The molecular weight excluding hydrogens is 386 g/mol. The zero-order valence-corrected chi connectivity index (χ0v) is 17.6. The van der Waals surface area contributed by atoms with E-state index >= 15 is 0 Å². The van der Waals surface area contributed by atoms with E-state index in [1.165, 1.54) is 0 Å². The number of carbonyl (C=O) groups excluding carboxylic acids is 1. The summed E-state index contributed by atoms with van der Waals surface area (Å²) < 4.78 is 0. The van der Waals surface area contributed by atoms with Crippen LogP contribution in [0.2, 0.25) is 5.15 Å². The Balaban J connectivity index is 1.47. The number of piperazine rings is 1. The molecule has 3 heterocycles. The molecule has 2 aromatic heterocycles. The molecule has 3 aromatic rings. The van der Waals surface area contributed by atoms with Gasteiger partial charge in [0.15, 0.2) is 0 Å². The molecule has 1 aromatic carbocycles. The highest BCUT2D eigenvalue weighted by atomic mass is 35.5. The van der Waals surface area contributed by atoms with Gasteiger partial charge in [-0.2, -0.15) is 0 Å². The molecule has 0 saturated carbocycles. The van der Waals surface area contributed by atoms with E-state index in [1.807, 2.05) is 42.2 Å². The molecule has 0 spiro atoms. The van der Waals surface area contributed by atoms with Crippen LogP contribution in [-0.2, 0) is 0 Å². The molecular formula is C22H24ClN5O.